The number of unbranched alkanes of at least 4 members (excludes halogenated alkanes) is 1. The molecule has 27 heavy (non-hydrogen) atoms. The van der Waals surface area contributed by atoms with Gasteiger partial charge in [0.1, 0.15) is 5.75 Å². The summed E-state index contributed by atoms with van der Waals surface area (Å²) >= 11 is 0. The number of rotatable bonds is 7. The molecule has 0 atom stereocenters. The van der Waals surface area contributed by atoms with Crippen molar-refractivity contribution < 1.29 is 14.6 Å². The van der Waals surface area contributed by atoms with Crippen LogP contribution in [0.5, 0.6) is 5.75 Å². The second-order valence-corrected chi connectivity index (χ2v) is 6.17. The quantitative estimate of drug-likeness (QED) is 0.675. The number of aromatic nitrogens is 3. The summed E-state index contributed by atoms with van der Waals surface area (Å²) in [6.07, 6.45) is 8.08. The second-order valence-electron chi connectivity index (χ2n) is 6.17. The number of benzene rings is 1. The van der Waals surface area contributed by atoms with Crippen molar-refractivity contribution in [2.24, 2.45) is 0 Å². The van der Waals surface area contributed by atoms with Crippen LogP contribution in [0.2, 0.25) is 0 Å². The summed E-state index contributed by atoms with van der Waals surface area (Å²) < 4.78 is 5.22. The third-order valence-corrected chi connectivity index (χ3v) is 4.28. The van der Waals surface area contributed by atoms with Crippen LogP contribution in [-0.4, -0.2) is 33.1 Å². The van der Waals surface area contributed by atoms with Crippen LogP contribution in [-0.2, 0) is 6.42 Å². The number of carboxylic acid groups (broad SMARTS) is 1. The first-order valence-electron chi connectivity index (χ1n) is 8.81. The molecule has 0 bridgehead atoms. The van der Waals surface area contributed by atoms with Gasteiger partial charge in [0.15, 0.2) is 0 Å². The van der Waals surface area contributed by atoms with Gasteiger partial charge in [0.25, 0.3) is 0 Å². The number of carbonyl (C=O) groups is 1. The first-order valence-corrected chi connectivity index (χ1v) is 8.81. The van der Waals surface area contributed by atoms with Gasteiger partial charge in [-0.2, -0.15) is 0 Å². The Hall–Kier alpha value is -3.28. The Morgan fingerprint density at radius 1 is 1.04 bits per heavy atom. The Morgan fingerprint density at radius 2 is 1.74 bits per heavy atom. The third-order valence-electron chi connectivity index (χ3n) is 4.28. The molecule has 0 amide bonds. The summed E-state index contributed by atoms with van der Waals surface area (Å²) in [5.41, 5.74) is 4.48. The lowest BCUT2D eigenvalue weighted by atomic mass is 9.98. The molecule has 0 spiro atoms. The lowest BCUT2D eigenvalue weighted by molar-refractivity contribution is 0.0683. The maximum absolute atomic E-state index is 11.0. The van der Waals surface area contributed by atoms with E-state index in [0.29, 0.717) is 0 Å². The van der Waals surface area contributed by atoms with Gasteiger partial charge in [-0.3, -0.25) is 4.98 Å². The molecule has 1 N–H and O–H groups in total. The number of aromatic carboxylic acids is 1. The van der Waals surface area contributed by atoms with Crippen LogP contribution in [0.15, 0.2) is 48.9 Å². The van der Waals surface area contributed by atoms with Crippen LogP contribution in [0.1, 0.15) is 35.9 Å². The van der Waals surface area contributed by atoms with Crippen molar-refractivity contribution >= 4 is 5.97 Å². The minimum absolute atomic E-state index is 0.222. The fourth-order valence-electron chi connectivity index (χ4n) is 2.80. The van der Waals surface area contributed by atoms with Crippen molar-refractivity contribution in [2.45, 2.75) is 26.2 Å². The standard InChI is InChI=1S/C21H21N3O3/c1-3-4-5-14-10-18(16-12-23-20(21(25)26)24-13-16)19(22-11-14)15-6-8-17(27-2)9-7-15/h6-13H,3-5H2,1-2H3,(H,25,26). The van der Waals surface area contributed by atoms with Crippen molar-refractivity contribution in [2.75, 3.05) is 7.11 Å². The van der Waals surface area contributed by atoms with E-state index in [2.05, 4.69) is 27.9 Å². The highest BCUT2D eigenvalue weighted by Crippen LogP contribution is 2.31. The third kappa shape index (κ3) is 4.28. The summed E-state index contributed by atoms with van der Waals surface area (Å²) in [4.78, 5) is 23.6. The molecule has 2 heterocycles. The number of hydrogen-bond acceptors (Lipinski definition) is 5. The zero-order valence-corrected chi connectivity index (χ0v) is 15.3. The lowest BCUT2D eigenvalue weighted by Crippen LogP contribution is -2.03. The molecule has 0 unspecified atom stereocenters. The molecule has 0 saturated carbocycles. The van der Waals surface area contributed by atoms with Crippen LogP contribution in [0.4, 0.5) is 0 Å². The molecule has 3 aromatic rings. The zero-order chi connectivity index (χ0) is 19.2. The fourth-order valence-corrected chi connectivity index (χ4v) is 2.80. The number of aryl methyl sites for hydroxylation is 1. The summed E-state index contributed by atoms with van der Waals surface area (Å²) in [7, 11) is 1.63. The molecular weight excluding hydrogens is 342 g/mol. The van der Waals surface area contributed by atoms with Crippen molar-refractivity contribution in [1.82, 2.24) is 15.0 Å². The second kappa shape index (κ2) is 8.40. The number of hydrogen-bond donors (Lipinski definition) is 1. The molecule has 1 aromatic carbocycles. The van der Waals surface area contributed by atoms with Gasteiger partial charge in [-0.25, -0.2) is 14.8 Å². The zero-order valence-electron chi connectivity index (χ0n) is 15.3. The highest BCUT2D eigenvalue weighted by Gasteiger charge is 2.13. The number of pyridine rings is 1. The number of ether oxygens (including phenoxy) is 1. The van der Waals surface area contributed by atoms with E-state index >= 15 is 0 Å². The van der Waals surface area contributed by atoms with Gasteiger partial charge in [0, 0.05) is 35.3 Å². The van der Waals surface area contributed by atoms with Gasteiger partial charge < -0.3 is 9.84 Å². The normalized spacial score (nSPS) is 10.6. The molecule has 0 fully saturated rings. The van der Waals surface area contributed by atoms with E-state index in [-0.39, 0.29) is 5.82 Å². The Bertz CT molecular complexity index is 922. The van der Waals surface area contributed by atoms with E-state index in [0.717, 1.165) is 53.0 Å². The van der Waals surface area contributed by atoms with E-state index < -0.39 is 5.97 Å². The van der Waals surface area contributed by atoms with Gasteiger partial charge in [-0.1, -0.05) is 13.3 Å². The smallest absolute Gasteiger partial charge is 0.373 e. The molecule has 0 aliphatic rings. The average Bonchev–Trinajstić information content (AvgIpc) is 2.72. The summed E-state index contributed by atoms with van der Waals surface area (Å²) in [5.74, 6) is -0.597. The van der Waals surface area contributed by atoms with E-state index in [9.17, 15) is 4.79 Å². The molecule has 0 aliphatic carbocycles. The highest BCUT2D eigenvalue weighted by molar-refractivity contribution is 5.84. The molecule has 6 heteroatoms. The maximum atomic E-state index is 11.0. The van der Waals surface area contributed by atoms with E-state index in [1.807, 2.05) is 30.5 Å². The molecule has 6 nitrogen and oxygen atoms in total. The van der Waals surface area contributed by atoms with E-state index in [4.69, 9.17) is 9.84 Å². The van der Waals surface area contributed by atoms with Crippen molar-refractivity contribution in [3.05, 3.63) is 60.3 Å². The predicted molar refractivity (Wildman–Crippen MR) is 103 cm³/mol. The fraction of sp³-hybridized carbons (Fsp3) is 0.238. The minimum Gasteiger partial charge on any atom is -0.497 e. The lowest BCUT2D eigenvalue weighted by Gasteiger charge is -2.12. The van der Waals surface area contributed by atoms with Crippen molar-refractivity contribution in [1.29, 1.82) is 0 Å². The number of nitrogens with zero attached hydrogens (tertiary/aromatic N) is 3. The molecular formula is C21H21N3O3. The SMILES string of the molecule is CCCCc1cnc(-c2ccc(OC)cc2)c(-c2cnc(C(=O)O)nc2)c1. The van der Waals surface area contributed by atoms with Crippen LogP contribution in [0.3, 0.4) is 0 Å². The predicted octanol–water partition coefficient (Wildman–Crippen LogP) is 4.26. The Balaban J connectivity index is 2.07. The van der Waals surface area contributed by atoms with Crippen molar-refractivity contribution in [3.8, 4) is 28.1 Å². The Labute approximate surface area is 157 Å². The first-order chi connectivity index (χ1) is 13.1. The van der Waals surface area contributed by atoms with Gasteiger partial charge in [0.05, 0.1) is 12.8 Å². The molecule has 0 saturated heterocycles. The van der Waals surface area contributed by atoms with Crippen molar-refractivity contribution in [3.63, 3.8) is 0 Å². The molecule has 0 radical (unpaired) electrons. The van der Waals surface area contributed by atoms with Gasteiger partial charge in [-0.15, -0.1) is 0 Å². The Kier molecular flexibility index (Phi) is 5.76. The summed E-state index contributed by atoms with van der Waals surface area (Å²) in [5, 5.41) is 9.02. The topological polar surface area (TPSA) is 85.2 Å². The highest BCUT2D eigenvalue weighted by atomic mass is 16.5. The van der Waals surface area contributed by atoms with Gasteiger partial charge in [0.2, 0.25) is 5.82 Å². The minimum atomic E-state index is -1.15. The molecule has 138 valence electrons. The van der Waals surface area contributed by atoms with E-state index in [1.54, 1.807) is 7.11 Å². The van der Waals surface area contributed by atoms with Gasteiger partial charge in [-0.05, 0) is 48.7 Å². The maximum Gasteiger partial charge on any atom is 0.373 e. The largest absolute Gasteiger partial charge is 0.497 e. The van der Waals surface area contributed by atoms with Crippen LogP contribution in [0, 0.1) is 0 Å². The molecule has 0 aliphatic heterocycles. The molecule has 2 aromatic heterocycles. The monoisotopic (exact) mass is 363 g/mol. The Morgan fingerprint density at radius 3 is 2.33 bits per heavy atom. The van der Waals surface area contributed by atoms with Crippen LogP contribution in [0.25, 0.3) is 22.4 Å². The van der Waals surface area contributed by atoms with Crippen LogP contribution >= 0.6 is 0 Å². The van der Waals surface area contributed by atoms with Crippen LogP contribution < -0.4 is 4.74 Å². The number of methoxy groups -OCH3 is 1. The van der Waals surface area contributed by atoms with E-state index in [1.165, 1.54) is 12.4 Å². The first kappa shape index (κ1) is 18.5. The average molecular weight is 363 g/mol. The van der Waals surface area contributed by atoms with Gasteiger partial charge >= 0.3 is 5.97 Å². The molecule has 3 rings (SSSR count). The summed E-state index contributed by atoms with van der Waals surface area (Å²) in [6, 6.07) is 9.75. The number of carboxylic acids is 1. The summed E-state index contributed by atoms with van der Waals surface area (Å²) in [6.45, 7) is 2.15.